The van der Waals surface area contributed by atoms with Crippen LogP contribution in [0.25, 0.3) is 0 Å². The average molecular weight is 196 g/mol. The molecule has 0 N–H and O–H groups in total. The van der Waals surface area contributed by atoms with E-state index in [1.165, 1.54) is 13.1 Å². The van der Waals surface area contributed by atoms with Crippen molar-refractivity contribution >= 4 is 5.91 Å². The summed E-state index contributed by atoms with van der Waals surface area (Å²) in [5.41, 5.74) is 0.497. The Kier molecular flexibility index (Phi) is 2.52. The minimum atomic E-state index is 0.368. The Morgan fingerprint density at radius 2 is 1.93 bits per heavy atom. The van der Waals surface area contributed by atoms with Gasteiger partial charge in [0.15, 0.2) is 0 Å². The molecule has 2 heterocycles. The highest BCUT2D eigenvalue weighted by atomic mass is 16.2. The molecule has 2 fully saturated rings. The van der Waals surface area contributed by atoms with Gasteiger partial charge in [0.05, 0.1) is 0 Å². The van der Waals surface area contributed by atoms with Gasteiger partial charge in [-0.2, -0.15) is 0 Å². The summed E-state index contributed by atoms with van der Waals surface area (Å²) in [5.74, 6) is 0.368. The molecular formula is C11H20N2O. The zero-order chi connectivity index (χ0) is 10.2. The molecule has 14 heavy (non-hydrogen) atoms. The van der Waals surface area contributed by atoms with Gasteiger partial charge >= 0.3 is 0 Å². The van der Waals surface area contributed by atoms with Crippen molar-refractivity contribution in [1.82, 2.24) is 9.80 Å². The molecule has 0 bridgehead atoms. The molecule has 0 aromatic heterocycles. The average Bonchev–Trinajstić information content (AvgIpc) is 2.04. The Morgan fingerprint density at radius 1 is 1.29 bits per heavy atom. The zero-order valence-electron chi connectivity index (χ0n) is 9.25. The predicted molar refractivity (Wildman–Crippen MR) is 56.0 cm³/mol. The van der Waals surface area contributed by atoms with E-state index in [0.717, 1.165) is 32.4 Å². The maximum absolute atomic E-state index is 11.6. The molecule has 1 spiro atoms. The number of unbranched alkanes of at least 4 members (excludes halogenated alkanes) is 1. The summed E-state index contributed by atoms with van der Waals surface area (Å²) in [6.45, 7) is 6.53. The second-order valence-electron chi connectivity index (χ2n) is 5.03. The van der Waals surface area contributed by atoms with Crippen LogP contribution in [0.1, 0.15) is 26.2 Å². The van der Waals surface area contributed by atoms with Crippen molar-refractivity contribution in [2.24, 2.45) is 5.41 Å². The molecule has 2 aliphatic rings. The highest BCUT2D eigenvalue weighted by Gasteiger charge is 2.51. The van der Waals surface area contributed by atoms with E-state index in [-0.39, 0.29) is 0 Å². The van der Waals surface area contributed by atoms with E-state index in [1.807, 2.05) is 4.90 Å². The molecule has 0 aliphatic carbocycles. The van der Waals surface area contributed by atoms with Crippen LogP contribution in [0.5, 0.6) is 0 Å². The summed E-state index contributed by atoms with van der Waals surface area (Å²) in [5, 5.41) is 0. The lowest BCUT2D eigenvalue weighted by Crippen LogP contribution is -2.71. The van der Waals surface area contributed by atoms with Gasteiger partial charge in [0.1, 0.15) is 0 Å². The van der Waals surface area contributed by atoms with Crippen LogP contribution in [0.4, 0.5) is 0 Å². The van der Waals surface area contributed by atoms with Crippen LogP contribution in [0.2, 0.25) is 0 Å². The van der Waals surface area contributed by atoms with Crippen molar-refractivity contribution in [3.05, 3.63) is 0 Å². The molecule has 80 valence electrons. The van der Waals surface area contributed by atoms with E-state index in [0.29, 0.717) is 11.3 Å². The van der Waals surface area contributed by atoms with E-state index in [1.54, 1.807) is 0 Å². The first-order valence-corrected chi connectivity index (χ1v) is 5.61. The van der Waals surface area contributed by atoms with Gasteiger partial charge in [0.2, 0.25) is 5.91 Å². The van der Waals surface area contributed by atoms with Gasteiger partial charge < -0.3 is 9.80 Å². The first-order valence-electron chi connectivity index (χ1n) is 5.61. The molecule has 2 rings (SSSR count). The fraction of sp³-hybridized carbons (Fsp3) is 0.909. The molecular weight excluding hydrogens is 176 g/mol. The fourth-order valence-electron chi connectivity index (χ4n) is 2.72. The number of rotatable bonds is 3. The van der Waals surface area contributed by atoms with Gasteiger partial charge in [-0.25, -0.2) is 0 Å². The quantitative estimate of drug-likeness (QED) is 0.671. The lowest BCUT2D eigenvalue weighted by Gasteiger charge is -2.59. The Balaban J connectivity index is 1.69. The third-order valence-corrected chi connectivity index (χ3v) is 3.36. The van der Waals surface area contributed by atoms with Crippen molar-refractivity contribution in [3.8, 4) is 0 Å². The van der Waals surface area contributed by atoms with Crippen LogP contribution in [0.3, 0.4) is 0 Å². The highest BCUT2D eigenvalue weighted by molar-refractivity contribution is 5.77. The molecule has 3 nitrogen and oxygen atoms in total. The minimum Gasteiger partial charge on any atom is -0.341 e. The molecule has 0 aromatic carbocycles. The van der Waals surface area contributed by atoms with Gasteiger partial charge in [-0.1, -0.05) is 13.3 Å². The molecule has 2 aliphatic heterocycles. The molecule has 0 atom stereocenters. The number of carbonyl (C=O) groups is 1. The second-order valence-corrected chi connectivity index (χ2v) is 5.03. The number of hydrogen-bond donors (Lipinski definition) is 0. The zero-order valence-corrected chi connectivity index (χ0v) is 9.25. The summed E-state index contributed by atoms with van der Waals surface area (Å²) in [4.78, 5) is 16.0. The van der Waals surface area contributed by atoms with Gasteiger partial charge in [0.25, 0.3) is 0 Å². The largest absolute Gasteiger partial charge is 0.341 e. The standard InChI is InChI=1S/C11H20N2O/c1-3-4-5-10(14)13-8-11(9-13)6-12(2)7-11/h3-9H2,1-2H3. The van der Waals surface area contributed by atoms with Crippen LogP contribution in [-0.4, -0.2) is 48.9 Å². The Hall–Kier alpha value is -0.570. The second kappa shape index (κ2) is 3.54. The number of likely N-dealkylation sites (tertiary alicyclic amines) is 2. The molecule has 0 radical (unpaired) electrons. The fourth-order valence-corrected chi connectivity index (χ4v) is 2.72. The van der Waals surface area contributed by atoms with E-state index in [4.69, 9.17) is 0 Å². The van der Waals surface area contributed by atoms with Crippen LogP contribution in [0, 0.1) is 5.41 Å². The first-order chi connectivity index (χ1) is 6.65. The topological polar surface area (TPSA) is 23.6 Å². The minimum absolute atomic E-state index is 0.368. The number of amides is 1. The van der Waals surface area contributed by atoms with E-state index in [9.17, 15) is 4.79 Å². The lowest BCUT2D eigenvalue weighted by atomic mass is 9.73. The molecule has 1 amide bonds. The molecule has 0 saturated carbocycles. The van der Waals surface area contributed by atoms with Gasteiger partial charge in [-0.3, -0.25) is 4.79 Å². The predicted octanol–water partition coefficient (Wildman–Crippen LogP) is 0.951. The normalized spacial score (nSPS) is 24.6. The molecule has 0 aromatic rings. The summed E-state index contributed by atoms with van der Waals surface area (Å²) < 4.78 is 0. The smallest absolute Gasteiger partial charge is 0.222 e. The van der Waals surface area contributed by atoms with Crippen LogP contribution >= 0.6 is 0 Å². The van der Waals surface area contributed by atoms with Crippen molar-refractivity contribution in [1.29, 1.82) is 0 Å². The van der Waals surface area contributed by atoms with Crippen molar-refractivity contribution in [2.75, 3.05) is 33.2 Å². The monoisotopic (exact) mass is 196 g/mol. The number of nitrogens with zero attached hydrogens (tertiary/aromatic N) is 2. The summed E-state index contributed by atoms with van der Waals surface area (Å²) in [6.07, 6.45) is 2.91. The number of carbonyl (C=O) groups excluding carboxylic acids is 1. The SMILES string of the molecule is CCCCC(=O)N1CC2(CN(C)C2)C1. The molecule has 2 saturated heterocycles. The van der Waals surface area contributed by atoms with Crippen molar-refractivity contribution < 1.29 is 4.79 Å². The Labute approximate surface area is 86.1 Å². The summed E-state index contributed by atoms with van der Waals surface area (Å²) in [6, 6.07) is 0. The molecule has 3 heteroatoms. The first kappa shape index (κ1) is 9.97. The maximum atomic E-state index is 11.6. The van der Waals surface area contributed by atoms with Crippen molar-refractivity contribution in [2.45, 2.75) is 26.2 Å². The summed E-state index contributed by atoms with van der Waals surface area (Å²) >= 11 is 0. The lowest BCUT2D eigenvalue weighted by molar-refractivity contribution is -0.156. The van der Waals surface area contributed by atoms with Crippen LogP contribution in [0.15, 0.2) is 0 Å². The van der Waals surface area contributed by atoms with E-state index in [2.05, 4.69) is 18.9 Å². The van der Waals surface area contributed by atoms with Crippen LogP contribution in [-0.2, 0) is 4.79 Å². The maximum Gasteiger partial charge on any atom is 0.222 e. The van der Waals surface area contributed by atoms with Crippen LogP contribution < -0.4 is 0 Å². The van der Waals surface area contributed by atoms with Gasteiger partial charge in [-0.15, -0.1) is 0 Å². The van der Waals surface area contributed by atoms with Crippen molar-refractivity contribution in [3.63, 3.8) is 0 Å². The Morgan fingerprint density at radius 3 is 2.43 bits per heavy atom. The van der Waals surface area contributed by atoms with Gasteiger partial charge in [-0.05, 0) is 13.5 Å². The van der Waals surface area contributed by atoms with E-state index >= 15 is 0 Å². The molecule has 0 unspecified atom stereocenters. The third kappa shape index (κ3) is 1.65. The number of hydrogen-bond acceptors (Lipinski definition) is 2. The van der Waals surface area contributed by atoms with Gasteiger partial charge in [0, 0.05) is 38.0 Å². The summed E-state index contributed by atoms with van der Waals surface area (Å²) in [7, 11) is 2.15. The third-order valence-electron chi connectivity index (χ3n) is 3.36. The Bertz CT molecular complexity index is 225. The highest BCUT2D eigenvalue weighted by Crippen LogP contribution is 2.38. The van der Waals surface area contributed by atoms with E-state index < -0.39 is 0 Å².